The Labute approximate surface area is 144 Å². The highest BCUT2D eigenvalue weighted by Crippen LogP contribution is 2.22. The second-order valence-corrected chi connectivity index (χ2v) is 7.50. The normalized spacial score (nSPS) is 18.5. The van der Waals surface area contributed by atoms with Crippen molar-refractivity contribution in [3.05, 3.63) is 48.0 Å². The largest absolute Gasteiger partial charge is 0.459 e. The molecule has 1 aliphatic heterocycles. The van der Waals surface area contributed by atoms with Gasteiger partial charge in [0.15, 0.2) is 5.82 Å². The first-order chi connectivity index (χ1) is 12.0. The Morgan fingerprint density at radius 3 is 2.56 bits per heavy atom. The number of hydrogen-bond acceptors (Lipinski definition) is 6. The van der Waals surface area contributed by atoms with Crippen molar-refractivity contribution < 1.29 is 17.5 Å². The molecule has 1 unspecified atom stereocenters. The average Bonchev–Trinajstić information content (AvgIpc) is 2.64. The first-order valence-electron chi connectivity index (χ1n) is 7.63. The van der Waals surface area contributed by atoms with E-state index < -0.39 is 21.9 Å². The molecule has 0 bridgehead atoms. The Balaban J connectivity index is 1.73. The molecule has 25 heavy (non-hydrogen) atoms. The van der Waals surface area contributed by atoms with E-state index in [4.69, 9.17) is 10.00 Å². The SMILES string of the molecule is N#Cc1ccc(S(=O)(=O)N2CCCC(Oc3ncc(F)cn3)C2)cc1. The minimum absolute atomic E-state index is 0.0176. The van der Waals surface area contributed by atoms with Gasteiger partial charge in [0.2, 0.25) is 10.0 Å². The Hall–Kier alpha value is -2.57. The smallest absolute Gasteiger partial charge is 0.316 e. The Bertz CT molecular complexity index is 879. The van der Waals surface area contributed by atoms with Crippen molar-refractivity contribution in [1.29, 1.82) is 5.26 Å². The summed E-state index contributed by atoms with van der Waals surface area (Å²) in [7, 11) is -3.68. The van der Waals surface area contributed by atoms with Crippen LogP contribution in [0.4, 0.5) is 4.39 Å². The minimum Gasteiger partial charge on any atom is -0.459 e. The van der Waals surface area contributed by atoms with Gasteiger partial charge in [0.05, 0.1) is 35.5 Å². The quantitative estimate of drug-likeness (QED) is 0.822. The topological polar surface area (TPSA) is 96.2 Å². The zero-order valence-corrected chi connectivity index (χ0v) is 14.0. The van der Waals surface area contributed by atoms with E-state index >= 15 is 0 Å². The third kappa shape index (κ3) is 3.92. The predicted molar refractivity (Wildman–Crippen MR) is 85.6 cm³/mol. The summed E-state index contributed by atoms with van der Waals surface area (Å²) in [6.07, 6.45) is 2.86. The number of aromatic nitrogens is 2. The fourth-order valence-corrected chi connectivity index (χ4v) is 4.09. The van der Waals surface area contributed by atoms with Gasteiger partial charge in [0.25, 0.3) is 0 Å². The molecule has 3 rings (SSSR count). The highest BCUT2D eigenvalue weighted by Gasteiger charge is 2.31. The van der Waals surface area contributed by atoms with Gasteiger partial charge < -0.3 is 4.74 Å². The number of piperidine rings is 1. The highest BCUT2D eigenvalue weighted by atomic mass is 32.2. The molecule has 9 heteroatoms. The number of nitriles is 1. The third-order valence-corrected chi connectivity index (χ3v) is 5.71. The van der Waals surface area contributed by atoms with E-state index in [0.717, 1.165) is 12.4 Å². The summed E-state index contributed by atoms with van der Waals surface area (Å²) in [6.45, 7) is 0.537. The molecule has 0 N–H and O–H groups in total. The molecule has 2 heterocycles. The van der Waals surface area contributed by atoms with Crippen molar-refractivity contribution in [2.75, 3.05) is 13.1 Å². The van der Waals surface area contributed by atoms with Gasteiger partial charge in [0.1, 0.15) is 6.10 Å². The predicted octanol–water partition coefficient (Wildman–Crippen LogP) is 1.72. The highest BCUT2D eigenvalue weighted by molar-refractivity contribution is 7.89. The van der Waals surface area contributed by atoms with Crippen LogP contribution in [0.25, 0.3) is 0 Å². The number of nitrogens with zero attached hydrogens (tertiary/aromatic N) is 4. The zero-order valence-electron chi connectivity index (χ0n) is 13.2. The van der Waals surface area contributed by atoms with Gasteiger partial charge in [-0.1, -0.05) is 0 Å². The maximum absolute atomic E-state index is 12.8. The van der Waals surface area contributed by atoms with Crippen molar-refractivity contribution in [2.24, 2.45) is 0 Å². The van der Waals surface area contributed by atoms with Crippen molar-refractivity contribution in [3.63, 3.8) is 0 Å². The van der Waals surface area contributed by atoms with Gasteiger partial charge in [0, 0.05) is 6.54 Å². The molecule has 0 amide bonds. The lowest BCUT2D eigenvalue weighted by Crippen LogP contribution is -2.44. The number of halogens is 1. The summed E-state index contributed by atoms with van der Waals surface area (Å²) in [4.78, 5) is 7.59. The fraction of sp³-hybridized carbons (Fsp3) is 0.312. The Morgan fingerprint density at radius 2 is 1.92 bits per heavy atom. The molecule has 130 valence electrons. The van der Waals surface area contributed by atoms with Gasteiger partial charge in [-0.15, -0.1) is 0 Å². The molecule has 1 aromatic carbocycles. The fourth-order valence-electron chi connectivity index (χ4n) is 2.58. The van der Waals surface area contributed by atoms with E-state index in [9.17, 15) is 12.8 Å². The van der Waals surface area contributed by atoms with Crippen molar-refractivity contribution >= 4 is 10.0 Å². The van der Waals surface area contributed by atoms with Gasteiger partial charge in [-0.25, -0.2) is 22.8 Å². The lowest BCUT2D eigenvalue weighted by molar-refractivity contribution is 0.119. The van der Waals surface area contributed by atoms with E-state index in [1.165, 1.54) is 28.6 Å². The summed E-state index contributed by atoms with van der Waals surface area (Å²) < 4.78 is 45.2. The summed E-state index contributed by atoms with van der Waals surface area (Å²) in [6, 6.07) is 7.75. The first kappa shape index (κ1) is 17.3. The first-order valence-corrected chi connectivity index (χ1v) is 9.07. The number of ether oxygens (including phenoxy) is 1. The van der Waals surface area contributed by atoms with Gasteiger partial charge in [-0.05, 0) is 37.1 Å². The second kappa shape index (κ2) is 7.13. The summed E-state index contributed by atoms with van der Waals surface area (Å²) in [5, 5.41) is 8.81. The standard InChI is InChI=1S/C16H15FN4O3S/c17-13-9-19-16(20-10-13)24-14-2-1-7-21(11-14)25(22,23)15-5-3-12(8-18)4-6-15/h3-6,9-10,14H,1-2,7,11H2. The minimum atomic E-state index is -3.68. The number of rotatable bonds is 4. The van der Waals surface area contributed by atoms with Crippen LogP contribution in [-0.2, 0) is 10.0 Å². The molecule has 0 aliphatic carbocycles. The van der Waals surface area contributed by atoms with E-state index in [2.05, 4.69) is 9.97 Å². The lowest BCUT2D eigenvalue weighted by atomic mass is 10.1. The van der Waals surface area contributed by atoms with Crippen LogP contribution in [0.1, 0.15) is 18.4 Å². The van der Waals surface area contributed by atoms with Crippen LogP contribution in [0.2, 0.25) is 0 Å². The van der Waals surface area contributed by atoms with Crippen LogP contribution in [0, 0.1) is 17.1 Å². The molecule has 1 fully saturated rings. The van der Waals surface area contributed by atoms with Crippen LogP contribution >= 0.6 is 0 Å². The monoisotopic (exact) mass is 362 g/mol. The molecule has 1 atom stereocenters. The van der Waals surface area contributed by atoms with E-state index in [1.54, 1.807) is 0 Å². The van der Waals surface area contributed by atoms with E-state index in [0.29, 0.717) is 24.9 Å². The molecular formula is C16H15FN4O3S. The molecule has 1 saturated heterocycles. The summed E-state index contributed by atoms with van der Waals surface area (Å²) >= 11 is 0. The molecular weight excluding hydrogens is 347 g/mol. The molecule has 7 nitrogen and oxygen atoms in total. The molecule has 2 aromatic rings. The van der Waals surface area contributed by atoms with Crippen LogP contribution in [0.15, 0.2) is 41.6 Å². The van der Waals surface area contributed by atoms with Gasteiger partial charge >= 0.3 is 6.01 Å². The van der Waals surface area contributed by atoms with Crippen LogP contribution < -0.4 is 4.74 Å². The number of sulfonamides is 1. The summed E-state index contributed by atoms with van der Waals surface area (Å²) in [5.41, 5.74) is 0.396. The number of benzene rings is 1. The Morgan fingerprint density at radius 1 is 1.24 bits per heavy atom. The molecule has 1 aromatic heterocycles. The average molecular weight is 362 g/mol. The van der Waals surface area contributed by atoms with E-state index in [-0.39, 0.29) is 17.5 Å². The van der Waals surface area contributed by atoms with Crippen LogP contribution in [-0.4, -0.2) is 41.9 Å². The van der Waals surface area contributed by atoms with Crippen molar-refractivity contribution in [2.45, 2.75) is 23.8 Å². The maximum atomic E-state index is 12.8. The van der Waals surface area contributed by atoms with Gasteiger partial charge in [-0.2, -0.15) is 9.57 Å². The second-order valence-electron chi connectivity index (χ2n) is 5.57. The van der Waals surface area contributed by atoms with E-state index in [1.807, 2.05) is 6.07 Å². The van der Waals surface area contributed by atoms with Gasteiger partial charge in [-0.3, -0.25) is 0 Å². The van der Waals surface area contributed by atoms with Crippen molar-refractivity contribution in [1.82, 2.24) is 14.3 Å². The maximum Gasteiger partial charge on any atom is 0.316 e. The number of hydrogen-bond donors (Lipinski definition) is 0. The van der Waals surface area contributed by atoms with Crippen molar-refractivity contribution in [3.8, 4) is 12.1 Å². The summed E-state index contributed by atoms with van der Waals surface area (Å²) in [5.74, 6) is -0.569. The zero-order chi connectivity index (χ0) is 17.9. The molecule has 0 saturated carbocycles. The Kier molecular flexibility index (Phi) is 4.92. The van der Waals surface area contributed by atoms with Crippen LogP contribution in [0.5, 0.6) is 6.01 Å². The molecule has 1 aliphatic rings. The third-order valence-electron chi connectivity index (χ3n) is 3.83. The molecule has 0 radical (unpaired) electrons. The van der Waals surface area contributed by atoms with Crippen LogP contribution in [0.3, 0.4) is 0 Å². The lowest BCUT2D eigenvalue weighted by Gasteiger charge is -2.31. The molecule has 0 spiro atoms.